The highest BCUT2D eigenvalue weighted by atomic mass is 16.3. The first-order valence-corrected chi connectivity index (χ1v) is 5.73. The van der Waals surface area contributed by atoms with E-state index in [1.807, 2.05) is 0 Å². The molecule has 0 saturated heterocycles. The molecule has 20 heavy (non-hydrogen) atoms. The molecule has 1 aromatic carbocycles. The number of hydrogen-bond acceptors (Lipinski definition) is 4. The molecule has 6 N–H and O–H groups in total. The molecule has 0 saturated carbocycles. The fourth-order valence-corrected chi connectivity index (χ4v) is 1.40. The van der Waals surface area contributed by atoms with Crippen molar-refractivity contribution < 1.29 is 19.5 Å². The van der Waals surface area contributed by atoms with E-state index in [4.69, 9.17) is 16.6 Å². The number of nitrogens with two attached hydrogens (primary N) is 2. The van der Waals surface area contributed by atoms with Crippen LogP contribution < -0.4 is 16.8 Å². The summed E-state index contributed by atoms with van der Waals surface area (Å²) in [6.07, 6.45) is 2.31. The van der Waals surface area contributed by atoms with E-state index in [1.165, 1.54) is 24.3 Å². The summed E-state index contributed by atoms with van der Waals surface area (Å²) < 4.78 is 0. The Morgan fingerprint density at radius 3 is 2.30 bits per heavy atom. The summed E-state index contributed by atoms with van der Waals surface area (Å²) in [6.45, 7) is 0. The predicted octanol–water partition coefficient (Wildman–Crippen LogP) is -0.749. The maximum Gasteiger partial charge on any atom is 0.244 e. The molecule has 0 aromatic heterocycles. The Labute approximate surface area is 115 Å². The lowest BCUT2D eigenvalue weighted by molar-refractivity contribution is -0.127. The fourth-order valence-electron chi connectivity index (χ4n) is 1.40. The van der Waals surface area contributed by atoms with E-state index < -0.39 is 23.8 Å². The number of benzene rings is 1. The zero-order valence-electron chi connectivity index (χ0n) is 10.6. The maximum absolute atomic E-state index is 11.6. The van der Waals surface area contributed by atoms with Crippen LogP contribution in [0.3, 0.4) is 0 Å². The van der Waals surface area contributed by atoms with Gasteiger partial charge in [-0.05, 0) is 23.8 Å². The highest BCUT2D eigenvalue weighted by molar-refractivity contribution is 5.96. The van der Waals surface area contributed by atoms with E-state index in [9.17, 15) is 14.4 Å². The number of primary amides is 2. The number of rotatable bonds is 6. The molecule has 0 heterocycles. The number of phenolic OH excluding ortho intramolecular Hbond substituents is 1. The Kier molecular flexibility index (Phi) is 5.28. The third kappa shape index (κ3) is 5.21. The standard InChI is InChI=1S/C13H15N3O4/c14-11(18)7-10(13(15)20)16-12(19)6-3-8-1-4-9(17)5-2-8/h1-6,10,17H,7H2,(H2,14,18)(H2,15,20)(H,16,19)/b6-3+/t10-/m0/s1. The minimum Gasteiger partial charge on any atom is -0.508 e. The summed E-state index contributed by atoms with van der Waals surface area (Å²) in [7, 11) is 0. The highest BCUT2D eigenvalue weighted by Crippen LogP contribution is 2.10. The van der Waals surface area contributed by atoms with Gasteiger partial charge in [-0.2, -0.15) is 0 Å². The smallest absolute Gasteiger partial charge is 0.244 e. The predicted molar refractivity (Wildman–Crippen MR) is 72.1 cm³/mol. The van der Waals surface area contributed by atoms with Gasteiger partial charge in [0.2, 0.25) is 17.7 Å². The van der Waals surface area contributed by atoms with Crippen molar-refractivity contribution in [2.75, 3.05) is 0 Å². The molecule has 0 aliphatic rings. The maximum atomic E-state index is 11.6. The highest BCUT2D eigenvalue weighted by Gasteiger charge is 2.19. The van der Waals surface area contributed by atoms with Gasteiger partial charge in [-0.1, -0.05) is 12.1 Å². The van der Waals surface area contributed by atoms with E-state index in [-0.39, 0.29) is 12.2 Å². The van der Waals surface area contributed by atoms with Crippen LogP contribution in [-0.4, -0.2) is 28.9 Å². The van der Waals surface area contributed by atoms with Gasteiger partial charge in [0.1, 0.15) is 11.8 Å². The summed E-state index contributed by atoms with van der Waals surface area (Å²) in [6, 6.07) is 5.01. The second-order valence-corrected chi connectivity index (χ2v) is 4.06. The third-order valence-electron chi connectivity index (χ3n) is 2.39. The number of carbonyl (C=O) groups is 3. The Morgan fingerprint density at radius 2 is 1.80 bits per heavy atom. The second kappa shape index (κ2) is 6.93. The van der Waals surface area contributed by atoms with E-state index in [0.717, 1.165) is 0 Å². The number of aromatic hydroxyl groups is 1. The molecular formula is C13H15N3O4. The Morgan fingerprint density at radius 1 is 1.20 bits per heavy atom. The zero-order chi connectivity index (χ0) is 15.1. The van der Waals surface area contributed by atoms with Gasteiger partial charge in [0.25, 0.3) is 0 Å². The van der Waals surface area contributed by atoms with Crippen LogP contribution in [0.5, 0.6) is 5.75 Å². The Bertz CT molecular complexity index is 537. The number of carbonyl (C=O) groups excluding carboxylic acids is 3. The average molecular weight is 277 g/mol. The van der Waals surface area contributed by atoms with Crippen LogP contribution in [0.2, 0.25) is 0 Å². The molecule has 106 valence electrons. The summed E-state index contributed by atoms with van der Waals surface area (Å²) in [5.41, 5.74) is 10.7. The number of amides is 3. The van der Waals surface area contributed by atoms with Gasteiger partial charge >= 0.3 is 0 Å². The van der Waals surface area contributed by atoms with E-state index in [2.05, 4.69) is 5.32 Å². The van der Waals surface area contributed by atoms with Crippen molar-refractivity contribution in [3.05, 3.63) is 35.9 Å². The summed E-state index contributed by atoms with van der Waals surface area (Å²) in [5, 5.41) is 11.4. The molecule has 0 bridgehead atoms. The van der Waals surface area contributed by atoms with Gasteiger partial charge < -0.3 is 21.9 Å². The Balaban J connectivity index is 2.63. The molecule has 0 aliphatic carbocycles. The van der Waals surface area contributed by atoms with E-state index in [1.54, 1.807) is 12.1 Å². The van der Waals surface area contributed by atoms with Crippen molar-refractivity contribution in [3.63, 3.8) is 0 Å². The normalized spacial score (nSPS) is 12.0. The van der Waals surface area contributed by atoms with Gasteiger partial charge in [-0.15, -0.1) is 0 Å². The molecule has 1 aromatic rings. The van der Waals surface area contributed by atoms with Gasteiger partial charge in [0.05, 0.1) is 6.42 Å². The molecule has 3 amide bonds. The van der Waals surface area contributed by atoms with Crippen LogP contribution in [0.1, 0.15) is 12.0 Å². The lowest BCUT2D eigenvalue weighted by atomic mass is 10.1. The first-order chi connectivity index (χ1) is 9.38. The molecule has 0 aliphatic heterocycles. The molecule has 1 atom stereocenters. The van der Waals surface area contributed by atoms with Gasteiger partial charge in [0.15, 0.2) is 0 Å². The number of hydrogen-bond donors (Lipinski definition) is 4. The van der Waals surface area contributed by atoms with Crippen LogP contribution in [0.25, 0.3) is 6.08 Å². The zero-order valence-corrected chi connectivity index (χ0v) is 10.6. The SMILES string of the molecule is NC(=O)C[C@H](NC(=O)/C=C/c1ccc(O)cc1)C(N)=O. The topological polar surface area (TPSA) is 136 Å². The average Bonchev–Trinajstić information content (AvgIpc) is 2.36. The first kappa shape index (κ1) is 15.2. The molecule has 0 fully saturated rings. The van der Waals surface area contributed by atoms with Crippen molar-refractivity contribution in [2.45, 2.75) is 12.5 Å². The lowest BCUT2D eigenvalue weighted by Gasteiger charge is -2.11. The van der Waals surface area contributed by atoms with Crippen LogP contribution in [-0.2, 0) is 14.4 Å². The third-order valence-corrected chi connectivity index (χ3v) is 2.39. The second-order valence-electron chi connectivity index (χ2n) is 4.06. The van der Waals surface area contributed by atoms with Crippen LogP contribution in [0.15, 0.2) is 30.3 Å². The molecule has 0 spiro atoms. The minimum atomic E-state index is -1.13. The summed E-state index contributed by atoms with van der Waals surface area (Å²) >= 11 is 0. The van der Waals surface area contributed by atoms with E-state index >= 15 is 0 Å². The largest absolute Gasteiger partial charge is 0.508 e. The number of phenols is 1. The molecule has 0 unspecified atom stereocenters. The summed E-state index contributed by atoms with van der Waals surface area (Å²) in [5.74, 6) is -2.04. The van der Waals surface area contributed by atoms with Crippen molar-refractivity contribution >= 4 is 23.8 Å². The molecule has 0 radical (unpaired) electrons. The molecule has 7 heteroatoms. The minimum absolute atomic E-state index is 0.113. The van der Waals surface area contributed by atoms with Crippen molar-refractivity contribution in [3.8, 4) is 5.75 Å². The monoisotopic (exact) mass is 277 g/mol. The first-order valence-electron chi connectivity index (χ1n) is 5.73. The fraction of sp³-hybridized carbons (Fsp3) is 0.154. The van der Waals surface area contributed by atoms with Gasteiger partial charge in [-0.3, -0.25) is 14.4 Å². The van der Waals surface area contributed by atoms with Gasteiger partial charge in [-0.25, -0.2) is 0 Å². The summed E-state index contributed by atoms with van der Waals surface area (Å²) in [4.78, 5) is 33.3. The van der Waals surface area contributed by atoms with E-state index in [0.29, 0.717) is 5.56 Å². The van der Waals surface area contributed by atoms with Crippen LogP contribution >= 0.6 is 0 Å². The molecule has 7 nitrogen and oxygen atoms in total. The molecule has 1 rings (SSSR count). The van der Waals surface area contributed by atoms with Crippen LogP contribution in [0.4, 0.5) is 0 Å². The van der Waals surface area contributed by atoms with Gasteiger partial charge in [0, 0.05) is 6.08 Å². The van der Waals surface area contributed by atoms with Crippen molar-refractivity contribution in [1.82, 2.24) is 5.32 Å². The molecular weight excluding hydrogens is 262 g/mol. The quantitative estimate of drug-likeness (QED) is 0.509. The van der Waals surface area contributed by atoms with Crippen molar-refractivity contribution in [2.24, 2.45) is 11.5 Å². The Hall–Kier alpha value is -2.83. The van der Waals surface area contributed by atoms with Crippen LogP contribution in [0, 0.1) is 0 Å². The lowest BCUT2D eigenvalue weighted by Crippen LogP contribution is -2.46. The van der Waals surface area contributed by atoms with Crippen molar-refractivity contribution in [1.29, 1.82) is 0 Å². The number of nitrogens with one attached hydrogen (secondary N) is 1.